The van der Waals surface area contributed by atoms with Gasteiger partial charge in [0.1, 0.15) is 0 Å². The van der Waals surface area contributed by atoms with Crippen molar-refractivity contribution >= 4 is 17.4 Å². The molecule has 0 bridgehead atoms. The zero-order valence-corrected chi connectivity index (χ0v) is 14.2. The average Bonchev–Trinajstić information content (AvgIpc) is 3.21. The maximum atomic E-state index is 12.5. The molecule has 0 aromatic carbocycles. The molecule has 3 rings (SSSR count). The van der Waals surface area contributed by atoms with Gasteiger partial charge in [0, 0.05) is 43.2 Å². The zero-order valence-electron chi connectivity index (χ0n) is 13.4. The summed E-state index contributed by atoms with van der Waals surface area (Å²) in [5.41, 5.74) is 0. The molecule has 23 heavy (non-hydrogen) atoms. The van der Waals surface area contributed by atoms with Crippen LogP contribution >= 0.6 is 11.3 Å². The quantitative estimate of drug-likeness (QED) is 0.914. The van der Waals surface area contributed by atoms with Gasteiger partial charge in [-0.3, -0.25) is 4.68 Å². The first-order valence-electron chi connectivity index (χ1n) is 8.12. The SMILES string of the molecule is CC(Cc1cccs1)NC(=O)N1CCCC(Cn2ccnn2)C1. The molecule has 0 aliphatic carbocycles. The summed E-state index contributed by atoms with van der Waals surface area (Å²) in [5.74, 6) is 0.448. The molecule has 0 radical (unpaired) electrons. The summed E-state index contributed by atoms with van der Waals surface area (Å²) in [7, 11) is 0. The molecule has 2 aromatic rings. The standard InChI is InChI=1S/C16H23N5OS/c1-13(10-15-5-3-9-23-15)18-16(22)20-7-2-4-14(11-20)12-21-8-6-17-19-21/h3,5-6,8-9,13-14H,2,4,7,10-12H2,1H3,(H,18,22). The predicted octanol–water partition coefficient (Wildman–Crippen LogP) is 2.39. The van der Waals surface area contributed by atoms with E-state index in [9.17, 15) is 4.79 Å². The molecule has 0 spiro atoms. The molecule has 0 saturated carbocycles. The topological polar surface area (TPSA) is 63.1 Å². The van der Waals surface area contributed by atoms with Crippen molar-refractivity contribution in [3.63, 3.8) is 0 Å². The number of hydrogen-bond acceptors (Lipinski definition) is 4. The van der Waals surface area contributed by atoms with Crippen LogP contribution in [-0.2, 0) is 13.0 Å². The van der Waals surface area contributed by atoms with Crippen LogP contribution in [0, 0.1) is 5.92 Å². The monoisotopic (exact) mass is 333 g/mol. The number of carbonyl (C=O) groups excluding carboxylic acids is 1. The first-order valence-corrected chi connectivity index (χ1v) is 9.00. The van der Waals surface area contributed by atoms with E-state index in [4.69, 9.17) is 0 Å². The Morgan fingerprint density at radius 3 is 3.22 bits per heavy atom. The molecule has 2 atom stereocenters. The summed E-state index contributed by atoms with van der Waals surface area (Å²) >= 11 is 1.74. The van der Waals surface area contributed by atoms with Gasteiger partial charge in [0.25, 0.3) is 0 Å². The second-order valence-electron chi connectivity index (χ2n) is 6.21. The third kappa shape index (κ3) is 4.54. The summed E-state index contributed by atoms with van der Waals surface area (Å²) in [6.07, 6.45) is 6.64. The van der Waals surface area contributed by atoms with Crippen molar-refractivity contribution in [2.24, 2.45) is 5.92 Å². The number of thiophene rings is 1. The zero-order chi connectivity index (χ0) is 16.1. The van der Waals surface area contributed by atoms with E-state index < -0.39 is 0 Å². The fourth-order valence-corrected chi connectivity index (χ4v) is 3.91. The van der Waals surface area contributed by atoms with E-state index in [1.165, 1.54) is 4.88 Å². The number of urea groups is 1. The van der Waals surface area contributed by atoms with Crippen molar-refractivity contribution in [1.82, 2.24) is 25.2 Å². The van der Waals surface area contributed by atoms with Gasteiger partial charge < -0.3 is 10.2 Å². The maximum absolute atomic E-state index is 12.5. The second-order valence-corrected chi connectivity index (χ2v) is 7.25. The largest absolute Gasteiger partial charge is 0.335 e. The van der Waals surface area contributed by atoms with Crippen LogP contribution in [0.3, 0.4) is 0 Å². The Balaban J connectivity index is 1.48. The molecule has 3 heterocycles. The normalized spacial score (nSPS) is 19.5. The van der Waals surface area contributed by atoms with Crippen molar-refractivity contribution < 1.29 is 4.79 Å². The van der Waals surface area contributed by atoms with Crippen LogP contribution in [0.5, 0.6) is 0 Å². The summed E-state index contributed by atoms with van der Waals surface area (Å²) in [5, 5.41) is 13.1. The first-order chi connectivity index (χ1) is 11.2. The Kier molecular flexibility index (Phi) is 5.27. The first kappa shape index (κ1) is 16.0. The highest BCUT2D eigenvalue weighted by Crippen LogP contribution is 2.18. The predicted molar refractivity (Wildman–Crippen MR) is 90.3 cm³/mol. The van der Waals surface area contributed by atoms with Crippen molar-refractivity contribution in [3.05, 3.63) is 34.8 Å². The van der Waals surface area contributed by atoms with Gasteiger partial charge in [0.15, 0.2) is 0 Å². The van der Waals surface area contributed by atoms with E-state index in [-0.39, 0.29) is 12.1 Å². The minimum absolute atomic E-state index is 0.0531. The number of amides is 2. The molecule has 1 aliphatic rings. The van der Waals surface area contributed by atoms with Crippen LogP contribution in [0.1, 0.15) is 24.6 Å². The van der Waals surface area contributed by atoms with E-state index in [1.807, 2.05) is 21.8 Å². The van der Waals surface area contributed by atoms with Gasteiger partial charge in [-0.2, -0.15) is 0 Å². The van der Waals surface area contributed by atoms with Crippen LogP contribution in [0.25, 0.3) is 0 Å². The van der Waals surface area contributed by atoms with Crippen molar-refractivity contribution in [1.29, 1.82) is 0 Å². The number of piperidine rings is 1. The van der Waals surface area contributed by atoms with Crippen LogP contribution in [0.4, 0.5) is 4.79 Å². The molecule has 2 aromatic heterocycles. The highest BCUT2D eigenvalue weighted by molar-refractivity contribution is 7.09. The Hall–Kier alpha value is -1.89. The lowest BCUT2D eigenvalue weighted by molar-refractivity contribution is 0.155. The van der Waals surface area contributed by atoms with Gasteiger partial charge in [-0.05, 0) is 37.1 Å². The lowest BCUT2D eigenvalue weighted by Crippen LogP contribution is -2.49. The summed E-state index contributed by atoms with van der Waals surface area (Å²) in [6.45, 7) is 4.52. The number of hydrogen-bond donors (Lipinski definition) is 1. The molecule has 1 aliphatic heterocycles. The number of nitrogens with zero attached hydrogens (tertiary/aromatic N) is 4. The average molecular weight is 333 g/mol. The molecule has 2 amide bonds. The Morgan fingerprint density at radius 2 is 2.48 bits per heavy atom. The smallest absolute Gasteiger partial charge is 0.317 e. The Morgan fingerprint density at radius 1 is 1.57 bits per heavy atom. The molecular weight excluding hydrogens is 310 g/mol. The molecule has 1 fully saturated rings. The summed E-state index contributed by atoms with van der Waals surface area (Å²) in [4.78, 5) is 15.7. The van der Waals surface area contributed by atoms with Crippen molar-refractivity contribution in [2.45, 2.75) is 38.8 Å². The van der Waals surface area contributed by atoms with Gasteiger partial charge >= 0.3 is 6.03 Å². The van der Waals surface area contributed by atoms with Crippen LogP contribution in [0.2, 0.25) is 0 Å². The second kappa shape index (κ2) is 7.59. The van der Waals surface area contributed by atoms with Crippen LogP contribution in [-0.4, -0.2) is 45.1 Å². The molecular formula is C16H23N5OS. The summed E-state index contributed by atoms with van der Waals surface area (Å²) < 4.78 is 1.85. The van der Waals surface area contributed by atoms with Crippen LogP contribution in [0.15, 0.2) is 29.9 Å². The van der Waals surface area contributed by atoms with Gasteiger partial charge in [0.05, 0.1) is 6.20 Å². The van der Waals surface area contributed by atoms with E-state index in [0.717, 1.165) is 38.9 Å². The third-order valence-corrected chi connectivity index (χ3v) is 5.08. The maximum Gasteiger partial charge on any atom is 0.317 e. The minimum atomic E-state index is 0.0531. The third-order valence-electron chi connectivity index (χ3n) is 4.18. The molecule has 2 unspecified atom stereocenters. The van der Waals surface area contributed by atoms with E-state index >= 15 is 0 Å². The molecule has 7 heteroatoms. The van der Waals surface area contributed by atoms with Crippen molar-refractivity contribution in [2.75, 3.05) is 13.1 Å². The number of aromatic nitrogens is 3. The van der Waals surface area contributed by atoms with E-state index in [2.05, 4.69) is 34.0 Å². The minimum Gasteiger partial charge on any atom is -0.335 e. The Labute approximate surface area is 140 Å². The van der Waals surface area contributed by atoms with Crippen molar-refractivity contribution in [3.8, 4) is 0 Å². The fraction of sp³-hybridized carbons (Fsp3) is 0.562. The number of likely N-dealkylation sites (tertiary alicyclic amines) is 1. The lowest BCUT2D eigenvalue weighted by Gasteiger charge is -2.33. The van der Waals surface area contributed by atoms with Gasteiger partial charge in [-0.25, -0.2) is 4.79 Å². The van der Waals surface area contributed by atoms with Gasteiger partial charge in [-0.15, -0.1) is 16.4 Å². The lowest BCUT2D eigenvalue weighted by atomic mass is 9.98. The fourth-order valence-electron chi connectivity index (χ4n) is 3.08. The number of carbonyl (C=O) groups is 1. The van der Waals surface area contributed by atoms with Gasteiger partial charge in [0.2, 0.25) is 0 Å². The highest BCUT2D eigenvalue weighted by Gasteiger charge is 2.24. The molecule has 1 saturated heterocycles. The Bertz CT molecular complexity index is 598. The van der Waals surface area contributed by atoms with Crippen LogP contribution < -0.4 is 5.32 Å². The number of nitrogens with one attached hydrogen (secondary N) is 1. The molecule has 1 N–H and O–H groups in total. The highest BCUT2D eigenvalue weighted by atomic mass is 32.1. The van der Waals surface area contributed by atoms with E-state index in [1.54, 1.807) is 17.5 Å². The molecule has 6 nitrogen and oxygen atoms in total. The van der Waals surface area contributed by atoms with E-state index in [0.29, 0.717) is 5.92 Å². The molecule has 124 valence electrons. The van der Waals surface area contributed by atoms with Gasteiger partial charge in [-0.1, -0.05) is 11.3 Å². The number of rotatable bonds is 5. The summed E-state index contributed by atoms with van der Waals surface area (Å²) in [6, 6.07) is 4.37.